The van der Waals surface area contributed by atoms with Crippen LogP contribution >= 0.6 is 0 Å². The van der Waals surface area contributed by atoms with Gasteiger partial charge in [0.1, 0.15) is 0 Å². The molecule has 0 atom stereocenters. The van der Waals surface area contributed by atoms with Crippen LogP contribution in [0.5, 0.6) is 0 Å². The molecule has 0 spiro atoms. The topological polar surface area (TPSA) is 72.2 Å². The van der Waals surface area contributed by atoms with Crippen LogP contribution in [-0.2, 0) is 10.0 Å². The monoisotopic (exact) mass is 296 g/mol. The maximum Gasteiger partial charge on any atom is 0.240 e. The summed E-state index contributed by atoms with van der Waals surface area (Å²) in [6.07, 6.45) is 9.06. The standard InChI is InChI=1S/C15H24N2O2S/c16-13-9-11-15(12-10-13)20(18,19)17-14-7-5-3-1-2-4-6-8-14/h9-12,14,17H,1-8,16H2. The molecule has 1 aromatic rings. The minimum Gasteiger partial charge on any atom is -0.399 e. The smallest absolute Gasteiger partial charge is 0.240 e. The Morgan fingerprint density at radius 2 is 1.40 bits per heavy atom. The third-order valence-electron chi connectivity index (χ3n) is 3.87. The fourth-order valence-corrected chi connectivity index (χ4v) is 3.99. The van der Waals surface area contributed by atoms with Crippen molar-refractivity contribution >= 4 is 15.7 Å². The van der Waals surface area contributed by atoms with Gasteiger partial charge >= 0.3 is 0 Å². The van der Waals surface area contributed by atoms with Crippen molar-refractivity contribution in [2.75, 3.05) is 5.73 Å². The molecule has 1 aromatic carbocycles. The molecular formula is C15H24N2O2S. The van der Waals surface area contributed by atoms with Gasteiger partial charge in [-0.2, -0.15) is 0 Å². The van der Waals surface area contributed by atoms with Crippen LogP contribution in [0.3, 0.4) is 0 Å². The molecule has 3 N–H and O–H groups in total. The Hall–Kier alpha value is -1.07. The summed E-state index contributed by atoms with van der Waals surface area (Å²) >= 11 is 0. The molecule has 0 aliphatic heterocycles. The van der Waals surface area contributed by atoms with Gasteiger partial charge in [0.2, 0.25) is 10.0 Å². The highest BCUT2D eigenvalue weighted by Crippen LogP contribution is 2.19. The molecule has 1 fully saturated rings. The summed E-state index contributed by atoms with van der Waals surface area (Å²) in [6, 6.07) is 6.44. The number of sulfonamides is 1. The van der Waals surface area contributed by atoms with Crippen molar-refractivity contribution < 1.29 is 8.42 Å². The third kappa shape index (κ3) is 4.49. The lowest BCUT2D eigenvalue weighted by Gasteiger charge is -2.18. The number of hydrogen-bond acceptors (Lipinski definition) is 3. The molecular weight excluding hydrogens is 272 g/mol. The highest BCUT2D eigenvalue weighted by atomic mass is 32.2. The summed E-state index contributed by atoms with van der Waals surface area (Å²) in [4.78, 5) is 0.298. The predicted molar refractivity (Wildman–Crippen MR) is 81.9 cm³/mol. The number of benzene rings is 1. The Morgan fingerprint density at radius 1 is 0.900 bits per heavy atom. The zero-order valence-corrected chi connectivity index (χ0v) is 12.7. The lowest BCUT2D eigenvalue weighted by molar-refractivity contribution is 0.482. The van der Waals surface area contributed by atoms with Crippen molar-refractivity contribution in [3.8, 4) is 0 Å². The number of nitrogens with one attached hydrogen (secondary N) is 1. The van der Waals surface area contributed by atoms with Gasteiger partial charge < -0.3 is 5.73 Å². The van der Waals surface area contributed by atoms with Crippen LogP contribution in [0.1, 0.15) is 51.4 Å². The normalized spacial score (nSPS) is 19.0. The first-order chi connectivity index (χ1) is 9.58. The van der Waals surface area contributed by atoms with Gasteiger partial charge in [-0.05, 0) is 37.1 Å². The maximum absolute atomic E-state index is 12.3. The summed E-state index contributed by atoms with van der Waals surface area (Å²) < 4.78 is 27.5. The Balaban J connectivity index is 2.03. The van der Waals surface area contributed by atoms with E-state index in [1.54, 1.807) is 24.3 Å². The van der Waals surface area contributed by atoms with Gasteiger partial charge in [0.05, 0.1) is 4.90 Å². The highest BCUT2D eigenvalue weighted by molar-refractivity contribution is 7.89. The zero-order chi connectivity index (χ0) is 14.4. The lowest BCUT2D eigenvalue weighted by atomic mass is 10.1. The molecule has 112 valence electrons. The highest BCUT2D eigenvalue weighted by Gasteiger charge is 2.20. The Bertz CT molecular complexity index is 501. The first-order valence-electron chi connectivity index (χ1n) is 7.46. The van der Waals surface area contributed by atoms with Crippen LogP contribution in [0, 0.1) is 0 Å². The fourth-order valence-electron chi connectivity index (χ4n) is 2.69. The molecule has 1 saturated carbocycles. The average molecular weight is 296 g/mol. The molecule has 0 amide bonds. The second kappa shape index (κ2) is 7.09. The van der Waals surface area contributed by atoms with Gasteiger partial charge in [-0.15, -0.1) is 0 Å². The van der Waals surface area contributed by atoms with E-state index >= 15 is 0 Å². The quantitative estimate of drug-likeness (QED) is 0.842. The van der Waals surface area contributed by atoms with E-state index in [1.807, 2.05) is 0 Å². The molecule has 0 heterocycles. The fraction of sp³-hybridized carbons (Fsp3) is 0.600. The lowest BCUT2D eigenvalue weighted by Crippen LogP contribution is -2.34. The Morgan fingerprint density at radius 3 is 1.95 bits per heavy atom. The zero-order valence-electron chi connectivity index (χ0n) is 11.8. The molecule has 0 saturated heterocycles. The number of rotatable bonds is 3. The minimum absolute atomic E-state index is 0.0654. The maximum atomic E-state index is 12.3. The first-order valence-corrected chi connectivity index (χ1v) is 8.94. The number of anilines is 1. The van der Waals surface area contributed by atoms with Crippen molar-refractivity contribution in [1.82, 2.24) is 4.72 Å². The SMILES string of the molecule is Nc1ccc(S(=O)(=O)NC2CCCCCCCC2)cc1. The van der Waals surface area contributed by atoms with Crippen LogP contribution in [0.25, 0.3) is 0 Å². The van der Waals surface area contributed by atoms with Gasteiger partial charge in [-0.3, -0.25) is 0 Å². The van der Waals surface area contributed by atoms with E-state index in [4.69, 9.17) is 5.73 Å². The summed E-state index contributed by atoms with van der Waals surface area (Å²) in [5.41, 5.74) is 6.17. The van der Waals surface area contributed by atoms with Crippen molar-refractivity contribution in [1.29, 1.82) is 0 Å². The molecule has 0 aromatic heterocycles. The van der Waals surface area contributed by atoms with E-state index in [1.165, 1.54) is 25.7 Å². The van der Waals surface area contributed by atoms with Crippen LogP contribution in [0.2, 0.25) is 0 Å². The average Bonchev–Trinajstić information content (AvgIpc) is 2.53. The van der Waals surface area contributed by atoms with Gasteiger partial charge in [0.15, 0.2) is 0 Å². The molecule has 1 aliphatic carbocycles. The van der Waals surface area contributed by atoms with Gasteiger partial charge in [-0.25, -0.2) is 13.1 Å². The second-order valence-corrected chi connectivity index (χ2v) is 7.30. The summed E-state index contributed by atoms with van der Waals surface area (Å²) in [7, 11) is -3.42. The molecule has 4 nitrogen and oxygen atoms in total. The second-order valence-electron chi connectivity index (χ2n) is 5.59. The van der Waals surface area contributed by atoms with Gasteiger partial charge in [-0.1, -0.05) is 38.5 Å². The summed E-state index contributed by atoms with van der Waals surface area (Å²) in [6.45, 7) is 0. The van der Waals surface area contributed by atoms with E-state index in [0.717, 1.165) is 25.7 Å². The Kier molecular flexibility index (Phi) is 5.43. The van der Waals surface area contributed by atoms with Crippen LogP contribution in [-0.4, -0.2) is 14.5 Å². The van der Waals surface area contributed by atoms with Gasteiger partial charge in [0.25, 0.3) is 0 Å². The van der Waals surface area contributed by atoms with Crippen LogP contribution in [0.4, 0.5) is 5.69 Å². The van der Waals surface area contributed by atoms with E-state index in [2.05, 4.69) is 4.72 Å². The number of nitrogen functional groups attached to an aromatic ring is 1. The predicted octanol–water partition coefficient (Wildman–Crippen LogP) is 3.05. The Labute approximate surface area is 121 Å². The molecule has 0 bridgehead atoms. The largest absolute Gasteiger partial charge is 0.399 e. The molecule has 2 rings (SSSR count). The summed E-state index contributed by atoms with van der Waals surface area (Å²) in [5, 5.41) is 0. The van der Waals surface area contributed by atoms with Gasteiger partial charge in [0, 0.05) is 11.7 Å². The van der Waals surface area contributed by atoms with Crippen molar-refractivity contribution in [3.63, 3.8) is 0 Å². The summed E-state index contributed by atoms with van der Waals surface area (Å²) in [5.74, 6) is 0. The molecule has 5 heteroatoms. The van der Waals surface area contributed by atoms with Crippen molar-refractivity contribution in [3.05, 3.63) is 24.3 Å². The van der Waals surface area contributed by atoms with Crippen molar-refractivity contribution in [2.24, 2.45) is 0 Å². The van der Waals surface area contributed by atoms with E-state index in [-0.39, 0.29) is 6.04 Å². The number of hydrogen-bond donors (Lipinski definition) is 2. The van der Waals surface area contributed by atoms with E-state index in [0.29, 0.717) is 10.6 Å². The molecule has 1 aliphatic rings. The molecule has 0 radical (unpaired) electrons. The van der Waals surface area contributed by atoms with Crippen LogP contribution in [0.15, 0.2) is 29.2 Å². The third-order valence-corrected chi connectivity index (χ3v) is 5.40. The van der Waals surface area contributed by atoms with Crippen molar-refractivity contribution in [2.45, 2.75) is 62.3 Å². The van der Waals surface area contributed by atoms with E-state index in [9.17, 15) is 8.42 Å². The van der Waals surface area contributed by atoms with E-state index < -0.39 is 10.0 Å². The molecule has 20 heavy (non-hydrogen) atoms. The molecule has 0 unspecified atom stereocenters. The minimum atomic E-state index is -3.42. The first kappa shape index (κ1) is 15.3. The van der Waals surface area contributed by atoms with Crippen LogP contribution < -0.4 is 10.5 Å². The number of nitrogens with two attached hydrogens (primary N) is 1.